The van der Waals surface area contributed by atoms with Gasteiger partial charge in [-0.3, -0.25) is 4.79 Å². The second-order valence-corrected chi connectivity index (χ2v) is 3.57. The second-order valence-electron chi connectivity index (χ2n) is 2.14. The minimum absolute atomic E-state index is 0.0767. The first-order valence-corrected chi connectivity index (χ1v) is 4.34. The zero-order chi connectivity index (χ0) is 9.14. The van der Waals surface area contributed by atoms with E-state index in [0.717, 1.165) is 0 Å². The summed E-state index contributed by atoms with van der Waals surface area (Å²) in [5, 5.41) is 10.5. The van der Waals surface area contributed by atoms with Crippen molar-refractivity contribution >= 4 is 34.7 Å². The molecule has 1 heterocycles. The van der Waals surface area contributed by atoms with Crippen LogP contribution in [0, 0.1) is 0 Å². The van der Waals surface area contributed by atoms with Crippen molar-refractivity contribution < 1.29 is 14.7 Å². The molecule has 0 aliphatic rings. The van der Waals surface area contributed by atoms with Crippen molar-refractivity contribution in [3.8, 4) is 0 Å². The van der Waals surface area contributed by atoms with Crippen molar-refractivity contribution in [2.24, 2.45) is 0 Å². The number of rotatable bonds is 3. The van der Waals surface area contributed by atoms with Crippen LogP contribution in [0.4, 0.5) is 0 Å². The van der Waals surface area contributed by atoms with Crippen LogP contribution in [-0.4, -0.2) is 16.9 Å². The summed E-state index contributed by atoms with van der Waals surface area (Å²) in [5.41, 5.74) is 0. The van der Waals surface area contributed by atoms with Crippen LogP contribution in [-0.2, 0) is 16.0 Å². The van der Waals surface area contributed by atoms with Crippen molar-refractivity contribution in [1.29, 1.82) is 0 Å². The highest BCUT2D eigenvalue weighted by molar-refractivity contribution is 7.10. The zero-order valence-corrected chi connectivity index (χ0v) is 7.48. The summed E-state index contributed by atoms with van der Waals surface area (Å²) < 4.78 is 0. The van der Waals surface area contributed by atoms with Gasteiger partial charge in [0, 0.05) is 10.3 Å². The summed E-state index contributed by atoms with van der Waals surface area (Å²) in [6.07, 6.45) is -0.0767. The molecule has 0 aromatic carbocycles. The van der Waals surface area contributed by atoms with Crippen molar-refractivity contribution in [2.75, 3.05) is 0 Å². The van der Waals surface area contributed by atoms with Crippen LogP contribution < -0.4 is 0 Å². The van der Waals surface area contributed by atoms with Crippen LogP contribution in [0.3, 0.4) is 0 Å². The molecule has 1 rings (SSSR count). The molecule has 5 heteroatoms. The van der Waals surface area contributed by atoms with E-state index in [0.29, 0.717) is 9.90 Å². The Morgan fingerprint density at radius 1 is 1.58 bits per heavy atom. The molecule has 0 spiro atoms. The van der Waals surface area contributed by atoms with Gasteiger partial charge in [-0.2, -0.15) is 0 Å². The SMILES string of the molecule is O=C(O)C(=O)Cc1cc(Cl)cs1. The minimum atomic E-state index is -1.40. The molecule has 0 aliphatic heterocycles. The zero-order valence-electron chi connectivity index (χ0n) is 5.91. The van der Waals surface area contributed by atoms with Crippen LogP contribution in [0.25, 0.3) is 0 Å². The fourth-order valence-electron chi connectivity index (χ4n) is 0.680. The predicted octanol–water partition coefficient (Wildman–Crippen LogP) is 1.60. The van der Waals surface area contributed by atoms with E-state index < -0.39 is 11.8 Å². The highest BCUT2D eigenvalue weighted by Gasteiger charge is 2.12. The number of carbonyl (C=O) groups excluding carboxylic acids is 1. The molecule has 64 valence electrons. The summed E-state index contributed by atoms with van der Waals surface area (Å²) >= 11 is 6.85. The largest absolute Gasteiger partial charge is 0.475 e. The number of Topliss-reactive ketones (excluding diaryl/α,β-unsaturated/α-hetero) is 1. The fourth-order valence-corrected chi connectivity index (χ4v) is 1.75. The number of carboxylic acid groups (broad SMARTS) is 1. The Morgan fingerprint density at radius 3 is 2.67 bits per heavy atom. The summed E-state index contributed by atoms with van der Waals surface area (Å²) in [6, 6.07) is 1.59. The Kier molecular flexibility index (Phi) is 2.83. The third-order valence-electron chi connectivity index (χ3n) is 1.20. The molecule has 0 unspecified atom stereocenters. The van der Waals surface area contributed by atoms with Gasteiger partial charge in [0.1, 0.15) is 0 Å². The Hall–Kier alpha value is -0.870. The first kappa shape index (κ1) is 9.22. The molecule has 0 atom stereocenters. The third-order valence-corrected chi connectivity index (χ3v) is 2.48. The van der Waals surface area contributed by atoms with Crippen LogP contribution in [0.5, 0.6) is 0 Å². The van der Waals surface area contributed by atoms with Crippen LogP contribution in [0.2, 0.25) is 5.02 Å². The van der Waals surface area contributed by atoms with E-state index in [1.54, 1.807) is 11.4 Å². The van der Waals surface area contributed by atoms with E-state index in [2.05, 4.69) is 0 Å². The first-order valence-electron chi connectivity index (χ1n) is 3.08. The standard InChI is InChI=1S/C7H5ClO3S/c8-4-1-5(12-3-4)2-6(9)7(10)11/h1,3H,2H2,(H,10,11). The summed E-state index contributed by atoms with van der Waals surface area (Å²) in [7, 11) is 0. The highest BCUT2D eigenvalue weighted by Crippen LogP contribution is 2.19. The van der Waals surface area contributed by atoms with E-state index in [9.17, 15) is 9.59 Å². The van der Waals surface area contributed by atoms with E-state index >= 15 is 0 Å². The summed E-state index contributed by atoms with van der Waals surface area (Å²) in [5.74, 6) is -2.21. The lowest BCUT2D eigenvalue weighted by Gasteiger charge is -1.89. The maximum absolute atomic E-state index is 10.7. The van der Waals surface area contributed by atoms with Crippen LogP contribution in [0.15, 0.2) is 11.4 Å². The Balaban J connectivity index is 2.64. The Morgan fingerprint density at radius 2 is 2.25 bits per heavy atom. The lowest BCUT2D eigenvalue weighted by Crippen LogP contribution is -2.14. The van der Waals surface area contributed by atoms with Crippen molar-refractivity contribution in [3.05, 3.63) is 21.3 Å². The maximum Gasteiger partial charge on any atom is 0.372 e. The molecule has 0 aliphatic carbocycles. The Bertz CT molecular complexity index is 318. The van der Waals surface area contributed by atoms with Gasteiger partial charge >= 0.3 is 5.97 Å². The average Bonchev–Trinajstić information content (AvgIpc) is 2.35. The first-order chi connectivity index (χ1) is 5.59. The fraction of sp³-hybridized carbons (Fsp3) is 0.143. The maximum atomic E-state index is 10.7. The van der Waals surface area contributed by atoms with Gasteiger partial charge in [-0.15, -0.1) is 11.3 Å². The van der Waals surface area contributed by atoms with Gasteiger partial charge < -0.3 is 5.11 Å². The van der Waals surface area contributed by atoms with Crippen molar-refractivity contribution in [3.63, 3.8) is 0 Å². The number of halogens is 1. The van der Waals surface area contributed by atoms with Crippen molar-refractivity contribution in [1.82, 2.24) is 0 Å². The topological polar surface area (TPSA) is 54.4 Å². The predicted molar refractivity (Wildman–Crippen MR) is 45.7 cm³/mol. The monoisotopic (exact) mass is 204 g/mol. The molecular weight excluding hydrogens is 200 g/mol. The van der Waals surface area contributed by atoms with E-state index in [1.807, 2.05) is 0 Å². The van der Waals surface area contributed by atoms with E-state index in [1.165, 1.54) is 11.3 Å². The molecule has 1 aromatic heterocycles. The van der Waals surface area contributed by atoms with Gasteiger partial charge in [0.2, 0.25) is 5.78 Å². The molecule has 0 saturated carbocycles. The molecule has 0 amide bonds. The van der Waals surface area contributed by atoms with Gasteiger partial charge in [-0.25, -0.2) is 4.79 Å². The normalized spacial score (nSPS) is 9.75. The second kappa shape index (κ2) is 3.69. The number of hydrogen-bond donors (Lipinski definition) is 1. The lowest BCUT2D eigenvalue weighted by molar-refractivity contribution is -0.148. The summed E-state index contributed by atoms with van der Waals surface area (Å²) in [6.45, 7) is 0. The molecule has 3 nitrogen and oxygen atoms in total. The van der Waals surface area contributed by atoms with Gasteiger partial charge in [-0.1, -0.05) is 11.6 Å². The molecule has 1 N–H and O–H groups in total. The highest BCUT2D eigenvalue weighted by atomic mass is 35.5. The average molecular weight is 205 g/mol. The molecule has 12 heavy (non-hydrogen) atoms. The smallest absolute Gasteiger partial charge is 0.372 e. The van der Waals surface area contributed by atoms with Gasteiger partial charge in [0.15, 0.2) is 0 Å². The van der Waals surface area contributed by atoms with E-state index in [4.69, 9.17) is 16.7 Å². The minimum Gasteiger partial charge on any atom is -0.475 e. The third kappa shape index (κ3) is 2.32. The number of aliphatic carboxylic acids is 1. The van der Waals surface area contributed by atoms with Crippen molar-refractivity contribution in [2.45, 2.75) is 6.42 Å². The van der Waals surface area contributed by atoms with Gasteiger partial charge in [-0.05, 0) is 6.07 Å². The quantitative estimate of drug-likeness (QED) is 0.761. The number of carboxylic acids is 1. The molecule has 0 radical (unpaired) electrons. The Labute approximate surface area is 77.6 Å². The molecule has 0 bridgehead atoms. The number of ketones is 1. The number of thiophene rings is 1. The molecule has 1 aromatic rings. The van der Waals surface area contributed by atoms with Crippen LogP contribution >= 0.6 is 22.9 Å². The lowest BCUT2D eigenvalue weighted by atomic mass is 10.2. The van der Waals surface area contributed by atoms with E-state index in [-0.39, 0.29) is 6.42 Å². The molecular formula is C7H5ClO3S. The van der Waals surface area contributed by atoms with Crippen LogP contribution in [0.1, 0.15) is 4.88 Å². The molecule has 0 saturated heterocycles. The number of carbonyl (C=O) groups is 2. The summed E-state index contributed by atoms with van der Waals surface area (Å²) in [4.78, 5) is 21.5. The van der Waals surface area contributed by atoms with Gasteiger partial charge in [0.25, 0.3) is 0 Å². The molecule has 0 fully saturated rings. The van der Waals surface area contributed by atoms with Gasteiger partial charge in [0.05, 0.1) is 11.4 Å². The number of hydrogen-bond acceptors (Lipinski definition) is 3.